The molecule has 0 spiro atoms. The fourth-order valence-corrected chi connectivity index (χ4v) is 3.72. The molecule has 0 atom stereocenters. The van der Waals surface area contributed by atoms with Gasteiger partial charge in [0.05, 0.1) is 18.8 Å². The van der Waals surface area contributed by atoms with Crippen molar-refractivity contribution in [2.75, 3.05) is 19.8 Å². The summed E-state index contributed by atoms with van der Waals surface area (Å²) < 4.78 is 23.1. The summed E-state index contributed by atoms with van der Waals surface area (Å²) in [6, 6.07) is 8.52. The predicted molar refractivity (Wildman–Crippen MR) is 127 cm³/mol. The number of carboxylic acids is 1. The molecule has 0 aliphatic rings. The number of carbonyl (C=O) groups excluding carboxylic acids is 2. The summed E-state index contributed by atoms with van der Waals surface area (Å²) >= 11 is 0. The van der Waals surface area contributed by atoms with Gasteiger partial charge in [-0.1, -0.05) is 26.0 Å². The summed E-state index contributed by atoms with van der Waals surface area (Å²) in [7, 11) is 0. The van der Waals surface area contributed by atoms with Crippen LogP contribution in [0.3, 0.4) is 0 Å². The summed E-state index contributed by atoms with van der Waals surface area (Å²) in [4.78, 5) is 23.1. The minimum Gasteiger partial charge on any atom is -0.542 e. The van der Waals surface area contributed by atoms with Gasteiger partial charge in [-0.25, -0.2) is 0 Å². The van der Waals surface area contributed by atoms with Gasteiger partial charge in [0.1, 0.15) is 35.4 Å². The molecule has 7 nitrogen and oxygen atoms in total. The monoisotopic (exact) mass is 488 g/mol. The summed E-state index contributed by atoms with van der Waals surface area (Å²) in [6.45, 7) is 10.2. The molecule has 2 aromatic carbocycles. The summed E-state index contributed by atoms with van der Waals surface area (Å²) in [5, 5.41) is 11.7. The number of ketones is 1. The second-order valence-corrected chi connectivity index (χ2v) is 7.88. The van der Waals surface area contributed by atoms with Gasteiger partial charge in [-0.3, -0.25) is 4.79 Å². The third kappa shape index (κ3) is 6.90. The van der Waals surface area contributed by atoms with E-state index >= 15 is 0 Å². The minimum atomic E-state index is -1.35. The number of aryl methyl sites for hydroxylation is 1. The van der Waals surface area contributed by atoms with E-state index in [0.717, 1.165) is 24.0 Å². The maximum absolute atomic E-state index is 12.1. The molecule has 0 aliphatic carbocycles. The van der Waals surface area contributed by atoms with Crippen molar-refractivity contribution in [2.24, 2.45) is 0 Å². The fraction of sp³-hybridized carbons (Fsp3) is 0.333. The number of carboxylic acid groups (broad SMARTS) is 1. The van der Waals surface area contributed by atoms with Crippen LogP contribution in [0.15, 0.2) is 47.4 Å². The van der Waals surface area contributed by atoms with Crippen LogP contribution in [0.25, 0.3) is 11.0 Å². The van der Waals surface area contributed by atoms with Crippen molar-refractivity contribution in [2.45, 2.75) is 40.0 Å². The molecular weight excluding hydrogens is 459 g/mol. The number of benzene rings is 2. The molecule has 0 radical (unpaired) electrons. The topological polar surface area (TPSA) is 98.0 Å². The Balaban J connectivity index is 0.00000432. The molecule has 1 heterocycles. The number of carbonyl (C=O) groups is 2. The first kappa shape index (κ1) is 28.5. The molecule has 3 rings (SSSR count). The standard InChI is InChI=1S/C27H30O7.Na/c1-5-8-21-23(12-10-20(18(4)28)26(21)33-13-6-2)32-15-7-14-31-22-11-9-19-16-24(27(29)30)34-25(19)17(22)3;/h6,9-12,16H,2,5,7-8,13-15H2,1,3-4H3,(H,29,30);/q;+1/p-1. The van der Waals surface area contributed by atoms with Crippen LogP contribution >= 0.6 is 0 Å². The van der Waals surface area contributed by atoms with Gasteiger partial charge < -0.3 is 28.5 Å². The van der Waals surface area contributed by atoms with Crippen molar-refractivity contribution in [3.63, 3.8) is 0 Å². The Morgan fingerprint density at radius 3 is 2.40 bits per heavy atom. The van der Waals surface area contributed by atoms with Crippen LogP contribution in [0.1, 0.15) is 58.7 Å². The van der Waals surface area contributed by atoms with Crippen molar-refractivity contribution in [1.82, 2.24) is 0 Å². The van der Waals surface area contributed by atoms with Crippen molar-refractivity contribution in [3.8, 4) is 17.2 Å². The smallest absolute Gasteiger partial charge is 0.542 e. The van der Waals surface area contributed by atoms with Gasteiger partial charge in [0, 0.05) is 22.9 Å². The Morgan fingerprint density at radius 1 is 1.09 bits per heavy atom. The number of fused-ring (bicyclic) bond motifs is 1. The van der Waals surface area contributed by atoms with Gasteiger partial charge in [0.15, 0.2) is 11.5 Å². The van der Waals surface area contributed by atoms with Crippen LogP contribution in [-0.2, 0) is 6.42 Å². The number of hydrogen-bond acceptors (Lipinski definition) is 7. The van der Waals surface area contributed by atoms with Crippen molar-refractivity contribution in [3.05, 3.63) is 65.4 Å². The molecule has 0 saturated heterocycles. The second kappa shape index (κ2) is 13.4. The van der Waals surface area contributed by atoms with Crippen LogP contribution < -0.4 is 48.9 Å². The van der Waals surface area contributed by atoms with E-state index in [1.54, 1.807) is 24.3 Å². The summed E-state index contributed by atoms with van der Waals surface area (Å²) in [5.74, 6) is 0.234. The Hall–Kier alpha value is -2.74. The Morgan fingerprint density at radius 2 is 1.77 bits per heavy atom. The molecule has 0 N–H and O–H groups in total. The van der Waals surface area contributed by atoms with Gasteiger partial charge in [-0.05, 0) is 50.6 Å². The van der Waals surface area contributed by atoms with E-state index < -0.39 is 5.97 Å². The molecule has 1 aromatic heterocycles. The second-order valence-electron chi connectivity index (χ2n) is 7.88. The fourth-order valence-electron chi connectivity index (χ4n) is 3.72. The van der Waals surface area contributed by atoms with Crippen molar-refractivity contribution < 1.29 is 62.9 Å². The molecule has 0 bridgehead atoms. The van der Waals surface area contributed by atoms with E-state index in [1.165, 1.54) is 13.0 Å². The molecule has 3 aromatic rings. The van der Waals surface area contributed by atoms with Crippen molar-refractivity contribution in [1.29, 1.82) is 0 Å². The molecule has 8 heteroatoms. The average Bonchev–Trinajstić information content (AvgIpc) is 3.25. The Bertz CT molecular complexity index is 1200. The number of furan rings is 1. The molecule has 0 aliphatic heterocycles. The van der Waals surface area contributed by atoms with Crippen molar-refractivity contribution >= 4 is 22.7 Å². The largest absolute Gasteiger partial charge is 1.00 e. The van der Waals surface area contributed by atoms with Gasteiger partial charge in [-0.15, -0.1) is 0 Å². The van der Waals surface area contributed by atoms with Gasteiger partial charge in [0.2, 0.25) is 0 Å². The SMILES string of the molecule is C=CCOc1c(C(C)=O)ccc(OCCCOc2ccc3cc(C(=O)[O-])oc3c2C)c1CCC.[Na+]. The zero-order valence-electron chi connectivity index (χ0n) is 20.8. The number of Topliss-reactive ketones (excluding diaryl/α,β-unsaturated/α-hetero) is 1. The third-order valence-electron chi connectivity index (χ3n) is 5.33. The van der Waals surface area contributed by atoms with E-state index in [1.807, 2.05) is 13.0 Å². The molecule has 0 unspecified atom stereocenters. The Labute approximate surface area is 227 Å². The van der Waals surface area contributed by atoms with Crippen LogP contribution in [0.2, 0.25) is 0 Å². The van der Waals surface area contributed by atoms with Crippen LogP contribution in [0.5, 0.6) is 17.2 Å². The molecule has 35 heavy (non-hydrogen) atoms. The number of aromatic carboxylic acids is 1. The summed E-state index contributed by atoms with van der Waals surface area (Å²) in [5.41, 5.74) is 2.60. The van der Waals surface area contributed by atoms with E-state index in [4.69, 9.17) is 18.6 Å². The molecule has 180 valence electrons. The first-order valence-corrected chi connectivity index (χ1v) is 11.3. The van der Waals surface area contributed by atoms with Gasteiger partial charge in [-0.2, -0.15) is 0 Å². The first-order valence-electron chi connectivity index (χ1n) is 11.3. The Kier molecular flexibility index (Phi) is 10.9. The normalized spacial score (nSPS) is 10.5. The van der Waals surface area contributed by atoms with Crippen LogP contribution in [0.4, 0.5) is 0 Å². The van der Waals surface area contributed by atoms with E-state index in [9.17, 15) is 14.7 Å². The average molecular weight is 489 g/mol. The molecule has 0 amide bonds. The van der Waals surface area contributed by atoms with Crippen LogP contribution in [0, 0.1) is 6.92 Å². The summed E-state index contributed by atoms with van der Waals surface area (Å²) in [6.07, 6.45) is 3.85. The zero-order chi connectivity index (χ0) is 24.7. The third-order valence-corrected chi connectivity index (χ3v) is 5.33. The number of ether oxygens (including phenoxy) is 3. The molecular formula is C27H29NaO7. The number of hydrogen-bond donors (Lipinski definition) is 0. The van der Waals surface area contributed by atoms with Gasteiger partial charge >= 0.3 is 29.6 Å². The molecule has 0 fully saturated rings. The van der Waals surface area contributed by atoms with E-state index in [0.29, 0.717) is 60.0 Å². The number of rotatable bonds is 13. The van der Waals surface area contributed by atoms with Gasteiger partial charge in [0.25, 0.3) is 0 Å². The zero-order valence-corrected chi connectivity index (χ0v) is 22.8. The quantitative estimate of drug-likeness (QED) is 0.156. The van der Waals surface area contributed by atoms with E-state index in [-0.39, 0.29) is 41.1 Å². The minimum absolute atomic E-state index is 0. The first-order chi connectivity index (χ1) is 16.4. The predicted octanol–water partition coefficient (Wildman–Crippen LogP) is 1.68. The van der Waals surface area contributed by atoms with Crippen LogP contribution in [-0.4, -0.2) is 31.6 Å². The maximum atomic E-state index is 12.1. The molecule has 0 saturated carbocycles. The van der Waals surface area contributed by atoms with E-state index in [2.05, 4.69) is 13.5 Å². The maximum Gasteiger partial charge on any atom is 1.00 e.